The Balaban J connectivity index is 1.49. The van der Waals surface area contributed by atoms with Gasteiger partial charge in [-0.1, -0.05) is 45.0 Å². The second-order valence-corrected chi connectivity index (χ2v) is 16.9. The van der Waals surface area contributed by atoms with E-state index in [4.69, 9.17) is 9.16 Å². The maximum absolute atomic E-state index is 14.0. The third kappa shape index (κ3) is 3.41. The SMILES string of the molecule is CC12CCC(CCO[Si](C)(C)C(C)(C)C)(O1)C1C(=O)N(c3ccc(C#N)c4ccccc34)C(=O)C12. The molecule has 0 spiro atoms. The molecule has 4 atom stereocenters. The van der Waals surface area contributed by atoms with Gasteiger partial charge in [0, 0.05) is 17.4 Å². The van der Waals surface area contributed by atoms with Crippen LogP contribution in [0.1, 0.15) is 52.5 Å². The number of anilines is 1. The van der Waals surface area contributed by atoms with Crippen LogP contribution in [-0.2, 0) is 18.8 Å². The van der Waals surface area contributed by atoms with Crippen molar-refractivity contribution in [2.45, 2.75) is 76.3 Å². The van der Waals surface area contributed by atoms with Gasteiger partial charge in [0.05, 0.1) is 40.4 Å². The number of amides is 2. The molecule has 0 aromatic heterocycles. The summed E-state index contributed by atoms with van der Waals surface area (Å²) >= 11 is 0. The summed E-state index contributed by atoms with van der Waals surface area (Å²) in [4.78, 5) is 29.2. The maximum atomic E-state index is 14.0. The first-order valence-electron chi connectivity index (χ1n) is 12.5. The van der Waals surface area contributed by atoms with Gasteiger partial charge in [-0.25, -0.2) is 4.90 Å². The third-order valence-corrected chi connectivity index (χ3v) is 13.6. The zero-order valence-electron chi connectivity index (χ0n) is 21.5. The molecule has 4 unspecified atom stereocenters. The van der Waals surface area contributed by atoms with Crippen LogP contribution < -0.4 is 4.90 Å². The van der Waals surface area contributed by atoms with E-state index in [1.54, 1.807) is 12.1 Å². The van der Waals surface area contributed by atoms with Crippen LogP contribution in [0.4, 0.5) is 5.69 Å². The molecule has 5 rings (SSSR count). The normalized spacial score (nSPS) is 30.3. The van der Waals surface area contributed by atoms with Crippen molar-refractivity contribution in [2.75, 3.05) is 11.5 Å². The Hall–Kier alpha value is -2.53. The van der Waals surface area contributed by atoms with E-state index in [9.17, 15) is 14.9 Å². The highest BCUT2D eigenvalue weighted by atomic mass is 28.4. The van der Waals surface area contributed by atoms with Gasteiger partial charge in [-0.15, -0.1) is 0 Å². The van der Waals surface area contributed by atoms with Crippen molar-refractivity contribution in [2.24, 2.45) is 11.8 Å². The average Bonchev–Trinajstić information content (AvgIpc) is 3.37. The van der Waals surface area contributed by atoms with Crippen LogP contribution >= 0.6 is 0 Å². The van der Waals surface area contributed by atoms with Crippen molar-refractivity contribution >= 4 is 36.6 Å². The number of nitriles is 1. The predicted molar refractivity (Wildman–Crippen MR) is 137 cm³/mol. The van der Waals surface area contributed by atoms with Gasteiger partial charge in [-0.3, -0.25) is 9.59 Å². The number of nitrogens with zero attached hydrogens (tertiary/aromatic N) is 2. The lowest BCUT2D eigenvalue weighted by Crippen LogP contribution is -2.45. The maximum Gasteiger partial charge on any atom is 0.240 e. The molecule has 35 heavy (non-hydrogen) atoms. The van der Waals surface area contributed by atoms with E-state index in [2.05, 4.69) is 39.9 Å². The summed E-state index contributed by atoms with van der Waals surface area (Å²) in [6, 6.07) is 13.1. The molecule has 0 N–H and O–H groups in total. The van der Waals surface area contributed by atoms with Crippen LogP contribution in [0.15, 0.2) is 36.4 Å². The summed E-state index contributed by atoms with van der Waals surface area (Å²) in [6.45, 7) is 13.6. The molecule has 3 fully saturated rings. The highest BCUT2D eigenvalue weighted by molar-refractivity contribution is 6.74. The number of carbonyl (C=O) groups is 2. The molecule has 3 saturated heterocycles. The summed E-state index contributed by atoms with van der Waals surface area (Å²) in [7, 11) is -1.94. The van der Waals surface area contributed by atoms with Crippen molar-refractivity contribution in [1.29, 1.82) is 5.26 Å². The zero-order chi connectivity index (χ0) is 25.4. The second-order valence-electron chi connectivity index (χ2n) is 12.1. The van der Waals surface area contributed by atoms with Gasteiger partial charge >= 0.3 is 0 Å². The van der Waals surface area contributed by atoms with Gasteiger partial charge in [-0.2, -0.15) is 5.26 Å². The van der Waals surface area contributed by atoms with E-state index in [1.807, 2.05) is 31.2 Å². The molecule has 6 nitrogen and oxygen atoms in total. The van der Waals surface area contributed by atoms with E-state index in [0.717, 1.165) is 23.6 Å². The molecule has 0 aliphatic carbocycles. The van der Waals surface area contributed by atoms with Crippen LogP contribution in [0.2, 0.25) is 18.1 Å². The van der Waals surface area contributed by atoms with Crippen LogP contribution in [0.3, 0.4) is 0 Å². The molecule has 0 saturated carbocycles. The number of rotatable bonds is 5. The minimum atomic E-state index is -1.94. The Morgan fingerprint density at radius 3 is 2.40 bits per heavy atom. The van der Waals surface area contributed by atoms with Crippen molar-refractivity contribution < 1.29 is 18.8 Å². The first-order chi connectivity index (χ1) is 16.4. The Bertz CT molecular complexity index is 1280. The van der Waals surface area contributed by atoms with Crippen molar-refractivity contribution in [3.8, 4) is 6.07 Å². The number of fused-ring (bicyclic) bond motifs is 6. The average molecular weight is 491 g/mol. The van der Waals surface area contributed by atoms with E-state index < -0.39 is 31.4 Å². The standard InChI is InChI=1S/C28H34N2O4Si/c1-26(2,3)35(5,6)33-16-15-28-14-13-27(4,34-28)22-23(28)25(32)30(24(22)31)21-12-11-18(17-29)19-9-7-8-10-20(19)21/h7-12,22-23H,13-16H2,1-6H3. The van der Waals surface area contributed by atoms with Gasteiger partial charge in [0.2, 0.25) is 11.8 Å². The van der Waals surface area contributed by atoms with Crippen LogP contribution in [0.25, 0.3) is 10.8 Å². The summed E-state index contributed by atoms with van der Waals surface area (Å²) in [5, 5.41) is 11.1. The van der Waals surface area contributed by atoms with Crippen molar-refractivity contribution in [3.63, 3.8) is 0 Å². The number of hydrogen-bond acceptors (Lipinski definition) is 5. The molecule has 0 radical (unpaired) electrons. The highest BCUT2D eigenvalue weighted by Gasteiger charge is 2.73. The molecule has 3 aliphatic rings. The lowest BCUT2D eigenvalue weighted by atomic mass is 9.67. The minimum absolute atomic E-state index is 0.0977. The molecule has 184 valence electrons. The summed E-state index contributed by atoms with van der Waals surface area (Å²) < 4.78 is 13.0. The van der Waals surface area contributed by atoms with Crippen LogP contribution in [0, 0.1) is 23.2 Å². The minimum Gasteiger partial charge on any atom is -0.417 e. The zero-order valence-corrected chi connectivity index (χ0v) is 22.5. The molecule has 2 aromatic rings. The molecule has 3 aliphatic heterocycles. The van der Waals surface area contributed by atoms with E-state index >= 15 is 0 Å². The fourth-order valence-corrected chi connectivity index (χ4v) is 7.16. The molecule has 7 heteroatoms. The Kier molecular flexibility index (Phi) is 5.34. The largest absolute Gasteiger partial charge is 0.417 e. The first kappa shape index (κ1) is 24.2. The van der Waals surface area contributed by atoms with Gasteiger partial charge < -0.3 is 9.16 Å². The van der Waals surface area contributed by atoms with Gasteiger partial charge in [0.25, 0.3) is 0 Å². The third-order valence-electron chi connectivity index (χ3n) is 9.07. The Morgan fingerprint density at radius 1 is 1.09 bits per heavy atom. The molecule has 3 heterocycles. The second kappa shape index (κ2) is 7.73. The van der Waals surface area contributed by atoms with Crippen LogP contribution in [0.5, 0.6) is 0 Å². The summed E-state index contributed by atoms with van der Waals surface area (Å²) in [5.74, 6) is -1.38. The first-order valence-corrected chi connectivity index (χ1v) is 15.4. The summed E-state index contributed by atoms with van der Waals surface area (Å²) in [5.41, 5.74) is -0.241. The van der Waals surface area contributed by atoms with Gasteiger partial charge in [-0.05, 0) is 56.5 Å². The number of ether oxygens (including phenoxy) is 1. The number of imide groups is 1. The number of hydrogen-bond donors (Lipinski definition) is 0. The predicted octanol–water partition coefficient (Wildman–Crippen LogP) is 5.55. The highest BCUT2D eigenvalue weighted by Crippen LogP contribution is 2.62. The quantitative estimate of drug-likeness (QED) is 0.405. The fraction of sp³-hybridized carbons (Fsp3) is 0.536. The Morgan fingerprint density at radius 2 is 1.74 bits per heavy atom. The molecule has 2 bridgehead atoms. The lowest BCUT2D eigenvalue weighted by Gasteiger charge is -2.38. The lowest BCUT2D eigenvalue weighted by molar-refractivity contribution is -0.131. The van der Waals surface area contributed by atoms with Crippen molar-refractivity contribution in [1.82, 2.24) is 0 Å². The van der Waals surface area contributed by atoms with Gasteiger partial charge in [0.1, 0.15) is 0 Å². The van der Waals surface area contributed by atoms with E-state index in [0.29, 0.717) is 24.3 Å². The smallest absolute Gasteiger partial charge is 0.240 e. The van der Waals surface area contributed by atoms with Crippen molar-refractivity contribution in [3.05, 3.63) is 42.0 Å². The molecule has 2 amide bonds. The topological polar surface area (TPSA) is 79.6 Å². The van der Waals surface area contributed by atoms with Gasteiger partial charge in [0.15, 0.2) is 8.32 Å². The monoisotopic (exact) mass is 490 g/mol. The number of carbonyl (C=O) groups excluding carboxylic acids is 2. The fourth-order valence-electron chi connectivity index (χ4n) is 6.12. The van der Waals surface area contributed by atoms with E-state index in [1.165, 1.54) is 4.90 Å². The molecule has 2 aromatic carbocycles. The Labute approximate surface area is 208 Å². The number of benzene rings is 2. The molecular formula is C28H34N2O4Si. The van der Waals surface area contributed by atoms with Crippen LogP contribution in [-0.4, -0.2) is 37.9 Å². The molecular weight excluding hydrogens is 456 g/mol. The van der Waals surface area contributed by atoms with E-state index in [-0.39, 0.29) is 16.9 Å². The summed E-state index contributed by atoms with van der Waals surface area (Å²) in [6.07, 6.45) is 2.12.